The zero-order valence-electron chi connectivity index (χ0n) is 13.2. The molecule has 2 amide bonds. The number of hydrazine groups is 1. The number of nitrogens with one attached hydrogen (secondary N) is 3. The molecule has 0 radical (unpaired) electrons. The number of carbonyl (C=O) groups is 3. The molecule has 3 N–H and O–H groups in total. The Balaban J connectivity index is 2.17. The summed E-state index contributed by atoms with van der Waals surface area (Å²) in [6.07, 6.45) is -0.106. The molecule has 1 aromatic rings. The van der Waals surface area contributed by atoms with Gasteiger partial charge in [-0.3, -0.25) is 25.2 Å². The Bertz CT molecular complexity index is 580. The maximum Gasteiger partial charge on any atom is 0.306 e. The predicted octanol–water partition coefficient (Wildman–Crippen LogP) is 0.431. The zero-order valence-corrected chi connectivity index (χ0v) is 14.0. The Morgan fingerprint density at radius 3 is 2.42 bits per heavy atom. The summed E-state index contributed by atoms with van der Waals surface area (Å²) in [5.41, 5.74) is 4.65. The average Bonchev–Trinajstić information content (AvgIpc) is 2.57. The summed E-state index contributed by atoms with van der Waals surface area (Å²) in [4.78, 5) is 34.2. The molecule has 1 aromatic carbocycles. The molecule has 0 atom stereocenters. The minimum atomic E-state index is -0.470. The molecule has 0 aromatic heterocycles. The molecular weight excluding hydrogens is 334 g/mol. The highest BCUT2D eigenvalue weighted by atomic mass is 32.1. The van der Waals surface area contributed by atoms with Gasteiger partial charge in [0.25, 0.3) is 5.91 Å². The van der Waals surface area contributed by atoms with Crippen LogP contribution in [0.5, 0.6) is 5.75 Å². The molecule has 8 nitrogen and oxygen atoms in total. The molecule has 0 spiro atoms. The van der Waals surface area contributed by atoms with E-state index in [1.165, 1.54) is 0 Å². The van der Waals surface area contributed by atoms with E-state index in [1.807, 2.05) is 6.07 Å². The molecule has 9 heteroatoms. The van der Waals surface area contributed by atoms with Crippen LogP contribution in [0.3, 0.4) is 0 Å². The Hall–Kier alpha value is -2.68. The van der Waals surface area contributed by atoms with Gasteiger partial charge >= 0.3 is 5.97 Å². The van der Waals surface area contributed by atoms with Crippen molar-refractivity contribution in [2.24, 2.45) is 0 Å². The van der Waals surface area contributed by atoms with E-state index < -0.39 is 17.8 Å². The predicted molar refractivity (Wildman–Crippen MR) is 89.8 cm³/mol. The average molecular weight is 353 g/mol. The minimum Gasteiger partial charge on any atom is -0.484 e. The quantitative estimate of drug-likeness (QED) is 0.371. The molecule has 1 rings (SSSR count). The number of amides is 2. The van der Waals surface area contributed by atoms with Crippen LogP contribution in [0.2, 0.25) is 0 Å². The summed E-state index contributed by atoms with van der Waals surface area (Å²) in [6, 6.07) is 8.83. The van der Waals surface area contributed by atoms with E-state index >= 15 is 0 Å². The second kappa shape index (κ2) is 10.9. The first-order chi connectivity index (χ1) is 11.5. The molecule has 0 aliphatic rings. The van der Waals surface area contributed by atoms with Crippen molar-refractivity contribution in [1.82, 2.24) is 16.2 Å². The first kappa shape index (κ1) is 19.4. The van der Waals surface area contributed by atoms with Crippen LogP contribution in [0, 0.1) is 0 Å². The van der Waals surface area contributed by atoms with Gasteiger partial charge in [-0.15, -0.1) is 0 Å². The van der Waals surface area contributed by atoms with Gasteiger partial charge in [0, 0.05) is 6.42 Å². The summed E-state index contributed by atoms with van der Waals surface area (Å²) in [5.74, 6) is -0.835. The van der Waals surface area contributed by atoms with Crippen LogP contribution >= 0.6 is 12.2 Å². The molecule has 0 fully saturated rings. The molecule has 0 unspecified atom stereocenters. The van der Waals surface area contributed by atoms with Crippen LogP contribution in [-0.2, 0) is 19.1 Å². The van der Waals surface area contributed by atoms with Crippen LogP contribution in [0.1, 0.15) is 19.8 Å². The number of esters is 1. The van der Waals surface area contributed by atoms with Gasteiger partial charge in [0.1, 0.15) is 5.75 Å². The molecule has 0 bridgehead atoms. The molecular formula is C15H19N3O5S. The number of benzene rings is 1. The summed E-state index contributed by atoms with van der Waals surface area (Å²) < 4.78 is 9.94. The Morgan fingerprint density at radius 2 is 1.75 bits per heavy atom. The lowest BCUT2D eigenvalue weighted by Crippen LogP contribution is -2.49. The number of thiocarbonyl (C=S) groups is 1. The third-order valence-electron chi connectivity index (χ3n) is 2.54. The maximum atomic E-state index is 11.6. The first-order valence-electron chi connectivity index (χ1n) is 7.23. The van der Waals surface area contributed by atoms with Crippen molar-refractivity contribution in [3.8, 4) is 5.75 Å². The third kappa shape index (κ3) is 8.69. The van der Waals surface area contributed by atoms with E-state index in [0.717, 1.165) is 0 Å². The van der Waals surface area contributed by atoms with E-state index in [2.05, 4.69) is 16.2 Å². The van der Waals surface area contributed by atoms with Crippen molar-refractivity contribution in [3.63, 3.8) is 0 Å². The highest BCUT2D eigenvalue weighted by Crippen LogP contribution is 2.07. The lowest BCUT2D eigenvalue weighted by molar-refractivity contribution is -0.144. The minimum absolute atomic E-state index is 0.0421. The van der Waals surface area contributed by atoms with Gasteiger partial charge in [0.05, 0.1) is 13.0 Å². The second-order valence-electron chi connectivity index (χ2n) is 4.46. The summed E-state index contributed by atoms with van der Waals surface area (Å²) in [5, 5.41) is 2.24. The van der Waals surface area contributed by atoms with Gasteiger partial charge in [-0.2, -0.15) is 0 Å². The standard InChI is InChI=1S/C15H19N3O5S/c1-2-22-14(21)9-8-12(19)16-15(24)18-17-13(20)10-23-11-6-4-3-5-7-11/h3-7H,2,8-10H2,1H3,(H,17,20)(H2,16,18,19,24). The maximum absolute atomic E-state index is 11.6. The number of hydrogen-bond donors (Lipinski definition) is 3. The van der Waals surface area contributed by atoms with Crippen molar-refractivity contribution in [3.05, 3.63) is 30.3 Å². The zero-order chi connectivity index (χ0) is 17.8. The second-order valence-corrected chi connectivity index (χ2v) is 4.87. The molecule has 0 aliphatic carbocycles. The Morgan fingerprint density at radius 1 is 1.04 bits per heavy atom. The lowest BCUT2D eigenvalue weighted by atomic mass is 10.3. The Labute approximate surface area is 144 Å². The molecule has 130 valence electrons. The van der Waals surface area contributed by atoms with Crippen LogP contribution in [-0.4, -0.2) is 36.1 Å². The van der Waals surface area contributed by atoms with E-state index in [0.29, 0.717) is 5.75 Å². The summed E-state index contributed by atoms with van der Waals surface area (Å²) >= 11 is 4.84. The van der Waals surface area contributed by atoms with E-state index in [-0.39, 0.29) is 31.2 Å². The summed E-state index contributed by atoms with van der Waals surface area (Å²) in [6.45, 7) is 1.73. The van der Waals surface area contributed by atoms with Crippen molar-refractivity contribution in [2.75, 3.05) is 13.2 Å². The normalized spacial score (nSPS) is 9.54. The smallest absolute Gasteiger partial charge is 0.306 e. The van der Waals surface area contributed by atoms with Gasteiger partial charge in [0.15, 0.2) is 11.7 Å². The van der Waals surface area contributed by atoms with Crippen molar-refractivity contribution >= 4 is 35.1 Å². The van der Waals surface area contributed by atoms with Gasteiger partial charge in [-0.1, -0.05) is 18.2 Å². The highest BCUT2D eigenvalue weighted by Gasteiger charge is 2.09. The number of hydrogen-bond acceptors (Lipinski definition) is 6. The van der Waals surface area contributed by atoms with Crippen molar-refractivity contribution < 1.29 is 23.9 Å². The molecule has 24 heavy (non-hydrogen) atoms. The first-order valence-corrected chi connectivity index (χ1v) is 7.64. The largest absolute Gasteiger partial charge is 0.484 e. The number of ether oxygens (including phenoxy) is 2. The fourth-order valence-corrected chi connectivity index (χ4v) is 1.66. The monoisotopic (exact) mass is 353 g/mol. The fourth-order valence-electron chi connectivity index (χ4n) is 1.50. The molecule has 0 saturated carbocycles. The van der Waals surface area contributed by atoms with Crippen LogP contribution < -0.4 is 20.9 Å². The van der Waals surface area contributed by atoms with E-state index in [1.54, 1.807) is 31.2 Å². The number of carbonyl (C=O) groups excluding carboxylic acids is 3. The lowest BCUT2D eigenvalue weighted by Gasteiger charge is -2.11. The topological polar surface area (TPSA) is 106 Å². The third-order valence-corrected chi connectivity index (χ3v) is 2.75. The Kier molecular flexibility index (Phi) is 8.84. The van der Waals surface area contributed by atoms with Gasteiger partial charge in [0.2, 0.25) is 5.91 Å². The van der Waals surface area contributed by atoms with Crippen LogP contribution in [0.25, 0.3) is 0 Å². The van der Waals surface area contributed by atoms with Crippen molar-refractivity contribution in [2.45, 2.75) is 19.8 Å². The molecule has 0 heterocycles. The number of para-hydroxylation sites is 1. The van der Waals surface area contributed by atoms with Crippen LogP contribution in [0.4, 0.5) is 0 Å². The van der Waals surface area contributed by atoms with Crippen LogP contribution in [0.15, 0.2) is 30.3 Å². The SMILES string of the molecule is CCOC(=O)CCC(=O)NC(=S)NNC(=O)COc1ccccc1. The molecule has 0 saturated heterocycles. The number of rotatable bonds is 7. The fraction of sp³-hybridized carbons (Fsp3) is 0.333. The van der Waals surface area contributed by atoms with E-state index in [9.17, 15) is 14.4 Å². The van der Waals surface area contributed by atoms with Crippen molar-refractivity contribution in [1.29, 1.82) is 0 Å². The highest BCUT2D eigenvalue weighted by molar-refractivity contribution is 7.80. The van der Waals surface area contributed by atoms with Gasteiger partial charge < -0.3 is 14.8 Å². The van der Waals surface area contributed by atoms with Gasteiger partial charge in [-0.05, 0) is 31.3 Å². The molecule has 0 aliphatic heterocycles. The summed E-state index contributed by atoms with van der Waals surface area (Å²) in [7, 11) is 0. The van der Waals surface area contributed by atoms with Gasteiger partial charge in [-0.25, -0.2) is 0 Å². The van der Waals surface area contributed by atoms with E-state index in [4.69, 9.17) is 21.7 Å².